The summed E-state index contributed by atoms with van der Waals surface area (Å²) in [4.78, 5) is 52.5. The lowest BCUT2D eigenvalue weighted by molar-refractivity contribution is -0.122. The molecule has 3 aliphatic carbocycles. The highest BCUT2D eigenvalue weighted by atomic mass is 35.5. The zero-order valence-corrected chi connectivity index (χ0v) is 24.7. The van der Waals surface area contributed by atoms with Crippen LogP contribution in [-0.2, 0) is 24.1 Å². The number of esters is 1. The van der Waals surface area contributed by atoms with Crippen molar-refractivity contribution < 1.29 is 23.9 Å². The molecule has 214 valence electrons. The van der Waals surface area contributed by atoms with Crippen molar-refractivity contribution in [2.24, 2.45) is 11.8 Å². The zero-order valence-electron chi connectivity index (χ0n) is 23.2. The molecule has 4 aliphatic rings. The first-order chi connectivity index (χ1) is 20.6. The summed E-state index contributed by atoms with van der Waals surface area (Å²) < 4.78 is 5.43. The van der Waals surface area contributed by atoms with Crippen LogP contribution < -0.4 is 4.90 Å². The van der Waals surface area contributed by atoms with Gasteiger partial charge >= 0.3 is 5.97 Å². The van der Waals surface area contributed by atoms with Crippen molar-refractivity contribution >= 4 is 52.5 Å². The number of anilines is 1. The third kappa shape index (κ3) is 3.73. The number of rotatable bonds is 5. The van der Waals surface area contributed by atoms with E-state index in [1.165, 1.54) is 31.2 Å². The number of Topliss-reactive ketones (excluding diaryl/α,β-unsaturated/α-hetero) is 1. The van der Waals surface area contributed by atoms with Gasteiger partial charge in [-0.05, 0) is 60.4 Å². The van der Waals surface area contributed by atoms with Gasteiger partial charge in [0.15, 0.2) is 6.10 Å². The number of hydrogen-bond donors (Lipinski definition) is 0. The molecule has 2 bridgehead atoms. The molecule has 4 aromatic rings. The second-order valence-electron chi connectivity index (χ2n) is 11.3. The van der Waals surface area contributed by atoms with Crippen LogP contribution in [0.5, 0.6) is 0 Å². The Labute approximate surface area is 258 Å². The first kappa shape index (κ1) is 27.6. The number of benzene rings is 4. The standard InChI is InChI=1S/C35H25Cl2NO5/c1-19-11-13-21(14-12-19)30(39)20(2)43-33(42)22-15-17-23(18-16-22)38-31(40)28-29(32(38)41)35(37)25-8-4-3-7-24(25)34(28,36)26-9-5-6-10-27(26)35/h3-18,20,28-29H,1-2H3/t20-,28-,29+,34?,35?/m1/s1. The second kappa shape index (κ2) is 9.63. The first-order valence-corrected chi connectivity index (χ1v) is 14.7. The van der Waals surface area contributed by atoms with Crippen molar-refractivity contribution in [3.8, 4) is 0 Å². The van der Waals surface area contributed by atoms with Gasteiger partial charge in [-0.2, -0.15) is 0 Å². The van der Waals surface area contributed by atoms with Crippen LogP contribution in [0.2, 0.25) is 0 Å². The molecule has 0 radical (unpaired) electrons. The van der Waals surface area contributed by atoms with Crippen molar-refractivity contribution in [2.45, 2.75) is 29.7 Å². The smallest absolute Gasteiger partial charge is 0.338 e. The molecule has 4 aromatic carbocycles. The van der Waals surface area contributed by atoms with Crippen LogP contribution in [0.3, 0.4) is 0 Å². The normalized spacial score (nSPS) is 25.5. The number of alkyl halides is 2. The quantitative estimate of drug-likeness (QED) is 0.111. The number of ketones is 1. The Bertz CT molecular complexity index is 1730. The maximum absolute atomic E-state index is 14.1. The Morgan fingerprint density at radius 2 is 1.12 bits per heavy atom. The Morgan fingerprint density at radius 3 is 1.56 bits per heavy atom. The molecule has 6 nitrogen and oxygen atoms in total. The third-order valence-electron chi connectivity index (χ3n) is 8.94. The molecule has 0 aromatic heterocycles. The van der Waals surface area contributed by atoms with Gasteiger partial charge in [0.25, 0.3) is 0 Å². The van der Waals surface area contributed by atoms with E-state index >= 15 is 0 Å². The van der Waals surface area contributed by atoms with Crippen LogP contribution >= 0.6 is 23.2 Å². The number of halogens is 2. The van der Waals surface area contributed by atoms with E-state index in [0.29, 0.717) is 5.56 Å². The molecule has 1 heterocycles. The molecule has 0 N–H and O–H groups in total. The van der Waals surface area contributed by atoms with Gasteiger partial charge in [-0.1, -0.05) is 78.4 Å². The highest BCUT2D eigenvalue weighted by molar-refractivity contribution is 6.38. The minimum Gasteiger partial charge on any atom is -0.451 e. The van der Waals surface area contributed by atoms with Gasteiger partial charge < -0.3 is 4.74 Å². The molecule has 43 heavy (non-hydrogen) atoms. The van der Waals surface area contributed by atoms with E-state index in [-0.39, 0.29) is 17.0 Å². The van der Waals surface area contributed by atoms with E-state index in [4.69, 9.17) is 27.9 Å². The summed E-state index contributed by atoms with van der Waals surface area (Å²) in [5.74, 6) is -3.78. The predicted molar refractivity (Wildman–Crippen MR) is 162 cm³/mol. The molecule has 0 unspecified atom stereocenters. The number of carbonyl (C=O) groups excluding carboxylic acids is 4. The van der Waals surface area contributed by atoms with Crippen LogP contribution in [0.1, 0.15) is 55.5 Å². The summed E-state index contributed by atoms with van der Waals surface area (Å²) in [6.07, 6.45) is -1.00. The molecule has 1 saturated heterocycles. The van der Waals surface area contributed by atoms with Gasteiger partial charge in [0.2, 0.25) is 17.6 Å². The number of imide groups is 1. The number of hydrogen-bond acceptors (Lipinski definition) is 5. The van der Waals surface area contributed by atoms with Crippen LogP contribution in [0.25, 0.3) is 0 Å². The Hall–Kier alpha value is -4.26. The molecular weight excluding hydrogens is 585 g/mol. The van der Waals surface area contributed by atoms with Crippen molar-refractivity contribution in [1.82, 2.24) is 0 Å². The molecule has 3 atom stereocenters. The third-order valence-corrected chi connectivity index (χ3v) is 10.2. The van der Waals surface area contributed by atoms with E-state index in [0.717, 1.165) is 32.7 Å². The fraction of sp³-hybridized carbons (Fsp3) is 0.200. The highest BCUT2D eigenvalue weighted by Gasteiger charge is 2.73. The number of carbonyl (C=O) groups is 4. The Morgan fingerprint density at radius 1 is 0.698 bits per heavy atom. The van der Waals surface area contributed by atoms with Gasteiger partial charge in [-0.25, -0.2) is 9.69 Å². The summed E-state index contributed by atoms with van der Waals surface area (Å²) in [7, 11) is 0. The summed E-state index contributed by atoms with van der Waals surface area (Å²) >= 11 is 15.0. The lowest BCUT2D eigenvalue weighted by Gasteiger charge is -2.54. The minimum atomic E-state index is -1.28. The molecule has 8 rings (SSSR count). The van der Waals surface area contributed by atoms with E-state index in [1.54, 1.807) is 12.1 Å². The van der Waals surface area contributed by atoms with Crippen LogP contribution in [0.4, 0.5) is 5.69 Å². The highest BCUT2D eigenvalue weighted by Crippen LogP contribution is 2.69. The second-order valence-corrected chi connectivity index (χ2v) is 12.5. The number of aryl methyl sites for hydroxylation is 1. The van der Waals surface area contributed by atoms with Crippen LogP contribution in [-0.4, -0.2) is 29.7 Å². The molecular formula is C35H25Cl2NO5. The van der Waals surface area contributed by atoms with Crippen molar-refractivity contribution in [1.29, 1.82) is 0 Å². The lowest BCUT2D eigenvalue weighted by atomic mass is 9.54. The maximum Gasteiger partial charge on any atom is 0.338 e. The van der Waals surface area contributed by atoms with Gasteiger partial charge in [-0.3, -0.25) is 14.4 Å². The summed E-state index contributed by atoms with van der Waals surface area (Å²) in [5.41, 5.74) is 4.82. The van der Waals surface area contributed by atoms with Gasteiger partial charge in [0.05, 0.1) is 23.1 Å². The predicted octanol–water partition coefficient (Wildman–Crippen LogP) is 6.52. The topological polar surface area (TPSA) is 80.8 Å². The molecule has 1 aliphatic heterocycles. The number of amides is 2. The molecule has 0 spiro atoms. The van der Waals surface area contributed by atoms with Crippen molar-refractivity contribution in [3.63, 3.8) is 0 Å². The molecule has 8 heteroatoms. The average molecular weight is 610 g/mol. The van der Waals surface area contributed by atoms with Crippen LogP contribution in [0, 0.1) is 18.8 Å². The summed E-state index contributed by atoms with van der Waals surface area (Å²) in [6, 6.07) is 27.9. The van der Waals surface area contributed by atoms with E-state index < -0.39 is 45.5 Å². The number of nitrogens with zero attached hydrogens (tertiary/aromatic N) is 1. The average Bonchev–Trinajstić information content (AvgIpc) is 3.30. The van der Waals surface area contributed by atoms with E-state index in [9.17, 15) is 19.2 Å². The van der Waals surface area contributed by atoms with Gasteiger partial charge in [-0.15, -0.1) is 23.2 Å². The Kier molecular flexibility index (Phi) is 6.17. The Balaban J connectivity index is 1.19. The molecule has 1 fully saturated rings. The summed E-state index contributed by atoms with van der Waals surface area (Å²) in [5, 5.41) is 0. The maximum atomic E-state index is 14.1. The SMILES string of the molecule is Cc1ccc(C(=O)[C@@H](C)OC(=O)c2ccc(N3C(=O)[C@@H]4[C@H](C3=O)C3(Cl)c5ccccc5C4(Cl)c4ccccc43)cc2)cc1. The van der Waals surface area contributed by atoms with Crippen molar-refractivity contribution in [3.05, 3.63) is 136 Å². The fourth-order valence-electron chi connectivity index (χ4n) is 6.90. The molecule has 2 amide bonds. The van der Waals surface area contributed by atoms with Crippen molar-refractivity contribution in [2.75, 3.05) is 4.90 Å². The van der Waals surface area contributed by atoms with E-state index in [2.05, 4.69) is 0 Å². The zero-order chi connectivity index (χ0) is 30.3. The minimum absolute atomic E-state index is 0.173. The monoisotopic (exact) mass is 609 g/mol. The largest absolute Gasteiger partial charge is 0.451 e. The van der Waals surface area contributed by atoms with Crippen LogP contribution in [0.15, 0.2) is 97.1 Å². The number of ether oxygens (including phenoxy) is 1. The van der Waals surface area contributed by atoms with E-state index in [1.807, 2.05) is 67.6 Å². The summed E-state index contributed by atoms with van der Waals surface area (Å²) in [6.45, 7) is 3.44. The molecule has 0 saturated carbocycles. The van der Waals surface area contributed by atoms with Gasteiger partial charge in [0, 0.05) is 5.56 Å². The first-order valence-electron chi connectivity index (χ1n) is 14.0. The fourth-order valence-corrected chi connectivity index (χ4v) is 8.00. The lowest BCUT2D eigenvalue weighted by Crippen LogP contribution is -2.57. The van der Waals surface area contributed by atoms with Gasteiger partial charge in [0.1, 0.15) is 9.75 Å².